The molecule has 0 saturated heterocycles. The summed E-state index contributed by atoms with van der Waals surface area (Å²) in [6.45, 7) is 4.80. The minimum absolute atomic E-state index is 0.834. The fraction of sp³-hybridized carbons (Fsp3) is 1.00. The fourth-order valence-electron chi connectivity index (χ4n) is 2.87. The maximum Gasteiger partial charge on any atom is -0.0292 e. The van der Waals surface area contributed by atoms with E-state index in [2.05, 4.69) is 13.8 Å². The first kappa shape index (κ1) is 5.76. The molecule has 0 aromatic rings. The van der Waals surface area contributed by atoms with E-state index in [1.165, 1.54) is 25.7 Å². The Morgan fingerprint density at radius 2 is 2.33 bits per heavy atom. The summed E-state index contributed by atoms with van der Waals surface area (Å²) in [7, 11) is 0. The van der Waals surface area contributed by atoms with Gasteiger partial charge in [-0.2, -0.15) is 0 Å². The summed E-state index contributed by atoms with van der Waals surface area (Å²) >= 11 is 0. The molecule has 0 spiro atoms. The van der Waals surface area contributed by atoms with E-state index in [1.54, 1.807) is 0 Å². The lowest BCUT2D eigenvalue weighted by molar-refractivity contribution is -0.120. The zero-order valence-corrected chi connectivity index (χ0v) is 6.48. The van der Waals surface area contributed by atoms with Gasteiger partial charge in [0.2, 0.25) is 0 Å². The third-order valence-electron chi connectivity index (χ3n) is 3.74. The van der Waals surface area contributed by atoms with Crippen LogP contribution in [-0.4, -0.2) is 0 Å². The highest BCUT2D eigenvalue weighted by atomic mass is 14.6. The number of fused-ring (bicyclic) bond motifs is 1. The van der Waals surface area contributed by atoms with E-state index in [4.69, 9.17) is 0 Å². The normalized spacial score (nSPS) is 55.3. The van der Waals surface area contributed by atoms with E-state index in [0.717, 1.165) is 17.3 Å². The molecule has 0 heterocycles. The first-order valence-corrected chi connectivity index (χ1v) is 4.26. The van der Waals surface area contributed by atoms with Crippen LogP contribution in [0.1, 0.15) is 39.5 Å². The molecule has 0 heteroatoms. The van der Waals surface area contributed by atoms with Crippen LogP contribution in [0.5, 0.6) is 0 Å². The zero-order chi connectivity index (χ0) is 6.48. The Morgan fingerprint density at radius 3 is 2.44 bits per heavy atom. The van der Waals surface area contributed by atoms with Crippen molar-refractivity contribution in [2.24, 2.45) is 17.3 Å². The van der Waals surface area contributed by atoms with Gasteiger partial charge in [-0.1, -0.05) is 20.3 Å². The molecule has 0 amide bonds. The molecule has 0 aromatic carbocycles. The van der Waals surface area contributed by atoms with Crippen molar-refractivity contribution < 1.29 is 0 Å². The van der Waals surface area contributed by atoms with Crippen LogP contribution < -0.4 is 0 Å². The van der Waals surface area contributed by atoms with Crippen LogP contribution in [0.3, 0.4) is 0 Å². The van der Waals surface area contributed by atoms with Crippen LogP contribution in [0.25, 0.3) is 0 Å². The topological polar surface area (TPSA) is 0 Å². The molecule has 2 aliphatic carbocycles. The van der Waals surface area contributed by atoms with Gasteiger partial charge in [0, 0.05) is 0 Å². The second-order valence-corrected chi connectivity index (χ2v) is 4.17. The summed E-state index contributed by atoms with van der Waals surface area (Å²) in [6, 6.07) is 0. The maximum atomic E-state index is 2.47. The minimum Gasteiger partial charge on any atom is -0.0651 e. The van der Waals surface area contributed by atoms with Gasteiger partial charge in [0.1, 0.15) is 0 Å². The van der Waals surface area contributed by atoms with Gasteiger partial charge >= 0.3 is 0 Å². The quantitative estimate of drug-likeness (QED) is 0.504. The Balaban J connectivity index is 1.98. The summed E-state index contributed by atoms with van der Waals surface area (Å²) in [6.07, 6.45) is 6.03. The third kappa shape index (κ3) is 0.544. The van der Waals surface area contributed by atoms with E-state index in [9.17, 15) is 0 Å². The SMILES string of the molecule is CCC1CC2(C)CCC12. The monoisotopic (exact) mass is 124 g/mol. The van der Waals surface area contributed by atoms with Crippen molar-refractivity contribution in [2.75, 3.05) is 0 Å². The number of rotatable bonds is 1. The lowest BCUT2D eigenvalue weighted by atomic mass is 9.43. The van der Waals surface area contributed by atoms with Crippen molar-refractivity contribution in [3.63, 3.8) is 0 Å². The van der Waals surface area contributed by atoms with Gasteiger partial charge in [-0.3, -0.25) is 0 Å². The van der Waals surface area contributed by atoms with E-state index in [-0.39, 0.29) is 0 Å². The first-order chi connectivity index (χ1) is 4.26. The lowest BCUT2D eigenvalue weighted by Crippen LogP contribution is -2.53. The molecule has 0 bridgehead atoms. The maximum absolute atomic E-state index is 2.47. The molecule has 0 N–H and O–H groups in total. The standard InChI is InChI=1S/C9H16/c1-3-7-6-9(2)5-4-8(7)9/h7-8H,3-6H2,1-2H3. The molecule has 0 aromatic heterocycles. The Bertz CT molecular complexity index is 128. The summed E-state index contributed by atoms with van der Waals surface area (Å²) in [5.74, 6) is 2.26. The molecule has 2 rings (SSSR count). The molecule has 0 radical (unpaired) electrons. The zero-order valence-electron chi connectivity index (χ0n) is 6.48. The Labute approximate surface area is 57.6 Å². The van der Waals surface area contributed by atoms with Crippen molar-refractivity contribution in [1.29, 1.82) is 0 Å². The van der Waals surface area contributed by atoms with Crippen LogP contribution in [0.4, 0.5) is 0 Å². The summed E-state index contributed by atoms with van der Waals surface area (Å²) in [4.78, 5) is 0. The molecule has 52 valence electrons. The smallest absolute Gasteiger partial charge is 0.0292 e. The predicted molar refractivity (Wildman–Crippen MR) is 39.2 cm³/mol. The van der Waals surface area contributed by atoms with Crippen LogP contribution in [0.2, 0.25) is 0 Å². The molecule has 0 aliphatic heterocycles. The average molecular weight is 124 g/mol. The highest BCUT2D eigenvalue weighted by Crippen LogP contribution is 2.64. The second kappa shape index (κ2) is 1.53. The van der Waals surface area contributed by atoms with Gasteiger partial charge in [0.05, 0.1) is 0 Å². The van der Waals surface area contributed by atoms with E-state index in [1.807, 2.05) is 0 Å². The average Bonchev–Trinajstić information content (AvgIpc) is 1.85. The van der Waals surface area contributed by atoms with Gasteiger partial charge in [0.25, 0.3) is 0 Å². The largest absolute Gasteiger partial charge is 0.0651 e. The highest BCUT2D eigenvalue weighted by Gasteiger charge is 2.55. The van der Waals surface area contributed by atoms with Gasteiger partial charge in [-0.25, -0.2) is 0 Å². The lowest BCUT2D eigenvalue weighted by Gasteiger charge is -2.62. The van der Waals surface area contributed by atoms with Crippen LogP contribution in [-0.2, 0) is 0 Å². The van der Waals surface area contributed by atoms with E-state index in [0.29, 0.717) is 0 Å². The van der Waals surface area contributed by atoms with Crippen molar-refractivity contribution in [3.8, 4) is 0 Å². The van der Waals surface area contributed by atoms with E-state index < -0.39 is 0 Å². The Kier molecular flexibility index (Phi) is 0.980. The van der Waals surface area contributed by atoms with Gasteiger partial charge in [-0.05, 0) is 36.5 Å². The van der Waals surface area contributed by atoms with Crippen LogP contribution >= 0.6 is 0 Å². The van der Waals surface area contributed by atoms with E-state index >= 15 is 0 Å². The molecular formula is C9H16. The highest BCUT2D eigenvalue weighted by molar-refractivity contribution is 5.05. The first-order valence-electron chi connectivity index (χ1n) is 4.26. The summed E-state index contributed by atoms with van der Waals surface area (Å²) < 4.78 is 0. The Morgan fingerprint density at radius 1 is 1.56 bits per heavy atom. The van der Waals surface area contributed by atoms with Gasteiger partial charge in [0.15, 0.2) is 0 Å². The molecular weight excluding hydrogens is 108 g/mol. The third-order valence-corrected chi connectivity index (χ3v) is 3.74. The summed E-state index contributed by atoms with van der Waals surface area (Å²) in [5, 5.41) is 0. The molecule has 2 saturated carbocycles. The van der Waals surface area contributed by atoms with Crippen molar-refractivity contribution >= 4 is 0 Å². The molecule has 2 fully saturated rings. The van der Waals surface area contributed by atoms with Crippen molar-refractivity contribution in [1.82, 2.24) is 0 Å². The van der Waals surface area contributed by atoms with Crippen LogP contribution in [0, 0.1) is 17.3 Å². The molecule has 2 aliphatic rings. The molecule has 3 atom stereocenters. The molecule has 3 unspecified atom stereocenters. The van der Waals surface area contributed by atoms with Gasteiger partial charge in [-0.15, -0.1) is 0 Å². The van der Waals surface area contributed by atoms with Crippen LogP contribution in [0.15, 0.2) is 0 Å². The number of hydrogen-bond donors (Lipinski definition) is 0. The molecule has 9 heavy (non-hydrogen) atoms. The molecule has 0 nitrogen and oxygen atoms in total. The fourth-order valence-corrected chi connectivity index (χ4v) is 2.87. The predicted octanol–water partition coefficient (Wildman–Crippen LogP) is 2.83. The van der Waals surface area contributed by atoms with Crippen molar-refractivity contribution in [2.45, 2.75) is 39.5 Å². The summed E-state index contributed by atoms with van der Waals surface area (Å²) in [5.41, 5.74) is 0.834. The van der Waals surface area contributed by atoms with Gasteiger partial charge < -0.3 is 0 Å². The second-order valence-electron chi connectivity index (χ2n) is 4.17. The number of hydrogen-bond acceptors (Lipinski definition) is 0. The van der Waals surface area contributed by atoms with Crippen molar-refractivity contribution in [3.05, 3.63) is 0 Å². The minimum atomic E-state index is 0.834. The Hall–Kier alpha value is 0.